The zero-order chi connectivity index (χ0) is 14.8. The highest BCUT2D eigenvalue weighted by Gasteiger charge is 2.29. The van der Waals surface area contributed by atoms with Gasteiger partial charge in [0, 0.05) is 6.04 Å². The van der Waals surface area contributed by atoms with Crippen molar-refractivity contribution in [2.24, 2.45) is 5.92 Å². The molecule has 1 aliphatic rings. The minimum absolute atomic E-state index is 0.0717. The normalized spacial score (nSPS) is 18.4. The van der Waals surface area contributed by atoms with Crippen LogP contribution in [-0.4, -0.2) is 27.3 Å². The van der Waals surface area contributed by atoms with Crippen LogP contribution in [0.2, 0.25) is 0 Å². The summed E-state index contributed by atoms with van der Waals surface area (Å²) in [4.78, 5) is 0.496. The summed E-state index contributed by atoms with van der Waals surface area (Å²) in [5.74, 6) is 0.707. The van der Waals surface area contributed by atoms with Gasteiger partial charge in [-0.15, -0.1) is 0 Å². The van der Waals surface area contributed by atoms with E-state index in [4.69, 9.17) is 0 Å². The van der Waals surface area contributed by atoms with E-state index in [9.17, 15) is 8.42 Å². The van der Waals surface area contributed by atoms with Crippen molar-refractivity contribution in [1.82, 2.24) is 5.32 Å². The molecule has 2 rings (SSSR count). The Hall–Kier alpha value is -0.870. The summed E-state index contributed by atoms with van der Waals surface area (Å²) < 4.78 is 25.4. The van der Waals surface area contributed by atoms with E-state index in [1.165, 1.54) is 12.8 Å². The predicted octanol–water partition coefficient (Wildman–Crippen LogP) is 2.86. The SMILES string of the molecule is CNC(CS(=O)(=O)c1cc(C)ccc1C)C1CCCC1. The third-order valence-corrected chi connectivity index (χ3v) is 6.33. The van der Waals surface area contributed by atoms with Crippen molar-refractivity contribution in [3.8, 4) is 0 Å². The first-order valence-corrected chi connectivity index (χ1v) is 9.06. The second-order valence-electron chi connectivity index (χ2n) is 5.99. The molecule has 1 saturated carbocycles. The Kier molecular flexibility index (Phi) is 4.86. The van der Waals surface area contributed by atoms with Gasteiger partial charge in [-0.3, -0.25) is 0 Å². The molecule has 0 aliphatic heterocycles. The minimum atomic E-state index is -3.22. The Balaban J connectivity index is 2.23. The molecule has 0 radical (unpaired) electrons. The molecule has 1 fully saturated rings. The van der Waals surface area contributed by atoms with Crippen molar-refractivity contribution in [3.63, 3.8) is 0 Å². The first-order chi connectivity index (χ1) is 9.44. The fraction of sp³-hybridized carbons (Fsp3) is 0.625. The van der Waals surface area contributed by atoms with Crippen molar-refractivity contribution in [3.05, 3.63) is 29.3 Å². The fourth-order valence-electron chi connectivity index (χ4n) is 3.18. The van der Waals surface area contributed by atoms with Gasteiger partial charge in [0.05, 0.1) is 10.6 Å². The van der Waals surface area contributed by atoms with E-state index in [0.717, 1.165) is 24.0 Å². The van der Waals surface area contributed by atoms with Gasteiger partial charge in [-0.25, -0.2) is 8.42 Å². The van der Waals surface area contributed by atoms with Crippen LogP contribution in [-0.2, 0) is 9.84 Å². The number of hydrogen-bond donors (Lipinski definition) is 1. The number of rotatable bonds is 5. The van der Waals surface area contributed by atoms with E-state index >= 15 is 0 Å². The smallest absolute Gasteiger partial charge is 0.180 e. The maximum atomic E-state index is 12.7. The molecule has 0 aromatic heterocycles. The van der Waals surface area contributed by atoms with E-state index in [1.807, 2.05) is 33.0 Å². The van der Waals surface area contributed by atoms with Gasteiger partial charge < -0.3 is 5.32 Å². The summed E-state index contributed by atoms with van der Waals surface area (Å²) in [6.07, 6.45) is 4.75. The van der Waals surface area contributed by atoms with E-state index < -0.39 is 9.84 Å². The third kappa shape index (κ3) is 3.41. The predicted molar refractivity (Wildman–Crippen MR) is 82.8 cm³/mol. The van der Waals surface area contributed by atoms with Crippen LogP contribution in [0, 0.1) is 19.8 Å². The Labute approximate surface area is 122 Å². The highest BCUT2D eigenvalue weighted by molar-refractivity contribution is 7.91. The van der Waals surface area contributed by atoms with E-state index in [0.29, 0.717) is 10.8 Å². The Morgan fingerprint density at radius 2 is 1.90 bits per heavy atom. The van der Waals surface area contributed by atoms with Crippen LogP contribution in [0.3, 0.4) is 0 Å². The van der Waals surface area contributed by atoms with Gasteiger partial charge in [-0.2, -0.15) is 0 Å². The van der Waals surface area contributed by atoms with Gasteiger partial charge in [-0.05, 0) is 56.8 Å². The zero-order valence-corrected chi connectivity index (χ0v) is 13.5. The molecule has 1 atom stereocenters. The van der Waals surface area contributed by atoms with Crippen LogP contribution < -0.4 is 5.32 Å². The number of sulfone groups is 1. The highest BCUT2D eigenvalue weighted by Crippen LogP contribution is 2.29. The van der Waals surface area contributed by atoms with E-state index in [-0.39, 0.29) is 11.8 Å². The number of aryl methyl sites for hydroxylation is 2. The van der Waals surface area contributed by atoms with Crippen LogP contribution in [0.5, 0.6) is 0 Å². The molecule has 112 valence electrons. The Morgan fingerprint density at radius 3 is 2.50 bits per heavy atom. The molecule has 1 aromatic carbocycles. The fourth-order valence-corrected chi connectivity index (χ4v) is 5.20. The maximum absolute atomic E-state index is 12.7. The zero-order valence-electron chi connectivity index (χ0n) is 12.6. The standard InChI is InChI=1S/C16H25NO2S/c1-12-8-9-13(2)16(10-12)20(18,19)11-15(17-3)14-6-4-5-7-14/h8-10,14-15,17H,4-7,11H2,1-3H3. The molecule has 0 saturated heterocycles. The average molecular weight is 295 g/mol. The van der Waals surface area contributed by atoms with Gasteiger partial charge in [0.15, 0.2) is 9.84 Å². The maximum Gasteiger partial charge on any atom is 0.180 e. The molecule has 1 N–H and O–H groups in total. The molecule has 20 heavy (non-hydrogen) atoms. The quantitative estimate of drug-likeness (QED) is 0.908. The van der Waals surface area contributed by atoms with Crippen LogP contribution in [0.15, 0.2) is 23.1 Å². The lowest BCUT2D eigenvalue weighted by Crippen LogP contribution is -2.38. The molecule has 0 bridgehead atoms. The molecule has 0 amide bonds. The minimum Gasteiger partial charge on any atom is -0.316 e. The second-order valence-corrected chi connectivity index (χ2v) is 7.99. The van der Waals surface area contributed by atoms with Crippen molar-refractivity contribution in [2.75, 3.05) is 12.8 Å². The van der Waals surface area contributed by atoms with Gasteiger partial charge in [0.1, 0.15) is 0 Å². The molecule has 1 unspecified atom stereocenters. The van der Waals surface area contributed by atoms with Crippen LogP contribution >= 0.6 is 0 Å². The van der Waals surface area contributed by atoms with Crippen molar-refractivity contribution in [1.29, 1.82) is 0 Å². The molecule has 0 heterocycles. The monoisotopic (exact) mass is 295 g/mol. The van der Waals surface area contributed by atoms with Gasteiger partial charge in [-0.1, -0.05) is 25.0 Å². The molecule has 1 aromatic rings. The Morgan fingerprint density at radius 1 is 1.25 bits per heavy atom. The van der Waals surface area contributed by atoms with Crippen LogP contribution in [0.4, 0.5) is 0 Å². The average Bonchev–Trinajstić information content (AvgIpc) is 2.92. The summed E-state index contributed by atoms with van der Waals surface area (Å²) in [5.41, 5.74) is 1.84. The molecule has 3 nitrogen and oxygen atoms in total. The Bertz CT molecular complexity index is 560. The largest absolute Gasteiger partial charge is 0.316 e. The molecular formula is C16H25NO2S. The summed E-state index contributed by atoms with van der Waals surface area (Å²) in [7, 11) is -1.35. The number of benzene rings is 1. The van der Waals surface area contributed by atoms with Crippen LogP contribution in [0.1, 0.15) is 36.8 Å². The number of hydrogen-bond acceptors (Lipinski definition) is 3. The van der Waals surface area contributed by atoms with E-state index in [2.05, 4.69) is 5.32 Å². The summed E-state index contributed by atoms with van der Waals surface area (Å²) in [6, 6.07) is 5.72. The van der Waals surface area contributed by atoms with Crippen molar-refractivity contribution in [2.45, 2.75) is 50.5 Å². The van der Waals surface area contributed by atoms with E-state index in [1.54, 1.807) is 6.07 Å². The molecule has 4 heteroatoms. The summed E-state index contributed by atoms with van der Waals surface area (Å²) in [6.45, 7) is 3.81. The lowest BCUT2D eigenvalue weighted by molar-refractivity contribution is 0.404. The first-order valence-electron chi connectivity index (χ1n) is 7.41. The van der Waals surface area contributed by atoms with Crippen molar-refractivity contribution < 1.29 is 8.42 Å². The molecule has 1 aliphatic carbocycles. The molecular weight excluding hydrogens is 270 g/mol. The third-order valence-electron chi connectivity index (χ3n) is 4.42. The summed E-state index contributed by atoms with van der Waals surface area (Å²) in [5, 5.41) is 3.22. The second kappa shape index (κ2) is 6.27. The summed E-state index contributed by atoms with van der Waals surface area (Å²) >= 11 is 0. The highest BCUT2D eigenvalue weighted by atomic mass is 32.2. The van der Waals surface area contributed by atoms with Crippen LogP contribution in [0.25, 0.3) is 0 Å². The van der Waals surface area contributed by atoms with Crippen molar-refractivity contribution >= 4 is 9.84 Å². The lowest BCUT2D eigenvalue weighted by Gasteiger charge is -2.23. The van der Waals surface area contributed by atoms with Gasteiger partial charge >= 0.3 is 0 Å². The lowest BCUT2D eigenvalue weighted by atomic mass is 10.0. The topological polar surface area (TPSA) is 46.2 Å². The number of nitrogens with one attached hydrogen (secondary N) is 1. The molecule has 0 spiro atoms. The van der Waals surface area contributed by atoms with Gasteiger partial charge in [0.2, 0.25) is 0 Å². The van der Waals surface area contributed by atoms with Gasteiger partial charge in [0.25, 0.3) is 0 Å². The first kappa shape index (κ1) is 15.5.